The number of nitrogens with one attached hydrogen (secondary N) is 1. The topological polar surface area (TPSA) is 49.4 Å². The van der Waals surface area contributed by atoms with Gasteiger partial charge in [0.25, 0.3) is 0 Å². The number of amides is 2. The lowest BCUT2D eigenvalue weighted by Gasteiger charge is -2.29. The van der Waals surface area contributed by atoms with Crippen molar-refractivity contribution in [3.05, 3.63) is 65.7 Å². The van der Waals surface area contributed by atoms with E-state index >= 15 is 0 Å². The van der Waals surface area contributed by atoms with Crippen LogP contribution >= 0.6 is 11.8 Å². The van der Waals surface area contributed by atoms with E-state index in [0.717, 1.165) is 24.2 Å². The molecular weight excluding hydrogens is 392 g/mol. The zero-order valence-electron chi connectivity index (χ0n) is 18.0. The van der Waals surface area contributed by atoms with E-state index in [1.54, 1.807) is 4.90 Å². The molecule has 4 nitrogen and oxygen atoms in total. The minimum atomic E-state index is -0.472. The highest BCUT2D eigenvalue weighted by atomic mass is 32.2. The summed E-state index contributed by atoms with van der Waals surface area (Å²) in [5, 5.41) is 3.15. The van der Waals surface area contributed by atoms with Gasteiger partial charge < -0.3 is 10.2 Å². The van der Waals surface area contributed by atoms with Crippen LogP contribution in [0.25, 0.3) is 0 Å². The first-order valence-electron chi connectivity index (χ1n) is 10.9. The molecule has 1 atom stereocenters. The second kappa shape index (κ2) is 11.2. The van der Waals surface area contributed by atoms with Gasteiger partial charge >= 0.3 is 0 Å². The summed E-state index contributed by atoms with van der Waals surface area (Å²) in [6.45, 7) is 4.44. The van der Waals surface area contributed by atoms with Gasteiger partial charge in [0.2, 0.25) is 11.8 Å². The van der Waals surface area contributed by atoms with Crippen molar-refractivity contribution < 1.29 is 9.59 Å². The largest absolute Gasteiger partial charge is 0.352 e. The SMILES string of the molecule is Cc1ccc(SCC(=O)N(CCc2ccccc2)[C@H](C)C(=O)NC2CCCC2)cc1. The highest BCUT2D eigenvalue weighted by Crippen LogP contribution is 2.21. The van der Waals surface area contributed by atoms with Crippen molar-refractivity contribution in [2.45, 2.75) is 62.9 Å². The molecular formula is C25H32N2O2S. The van der Waals surface area contributed by atoms with E-state index in [9.17, 15) is 9.59 Å². The summed E-state index contributed by atoms with van der Waals surface area (Å²) in [4.78, 5) is 28.8. The van der Waals surface area contributed by atoms with Crippen LogP contribution in [-0.4, -0.2) is 41.1 Å². The molecule has 1 aliphatic rings. The van der Waals surface area contributed by atoms with E-state index in [0.29, 0.717) is 12.3 Å². The van der Waals surface area contributed by atoms with E-state index in [-0.39, 0.29) is 17.9 Å². The van der Waals surface area contributed by atoms with Crippen LogP contribution in [0.5, 0.6) is 0 Å². The van der Waals surface area contributed by atoms with Crippen molar-refractivity contribution in [2.75, 3.05) is 12.3 Å². The molecule has 2 aromatic rings. The zero-order chi connectivity index (χ0) is 21.3. The third kappa shape index (κ3) is 6.63. The number of aryl methyl sites for hydroxylation is 1. The second-order valence-electron chi connectivity index (χ2n) is 8.09. The van der Waals surface area contributed by atoms with Crippen molar-refractivity contribution >= 4 is 23.6 Å². The Labute approximate surface area is 184 Å². The highest BCUT2D eigenvalue weighted by molar-refractivity contribution is 8.00. The second-order valence-corrected chi connectivity index (χ2v) is 9.14. The molecule has 2 aromatic carbocycles. The van der Waals surface area contributed by atoms with Crippen LogP contribution in [0, 0.1) is 6.92 Å². The average molecular weight is 425 g/mol. The van der Waals surface area contributed by atoms with E-state index in [1.165, 1.54) is 35.7 Å². The summed E-state index contributed by atoms with van der Waals surface area (Å²) >= 11 is 1.53. The van der Waals surface area contributed by atoms with Crippen LogP contribution < -0.4 is 5.32 Å². The Hall–Kier alpha value is -2.27. The van der Waals surface area contributed by atoms with Crippen LogP contribution in [0.3, 0.4) is 0 Å². The van der Waals surface area contributed by atoms with Crippen molar-refractivity contribution in [3.63, 3.8) is 0 Å². The molecule has 1 fully saturated rings. The normalized spacial score (nSPS) is 15.0. The van der Waals surface area contributed by atoms with Gasteiger partial charge in [-0.05, 0) is 50.8 Å². The molecule has 1 N–H and O–H groups in total. The van der Waals surface area contributed by atoms with Crippen LogP contribution in [0.1, 0.15) is 43.7 Å². The van der Waals surface area contributed by atoms with E-state index in [4.69, 9.17) is 0 Å². The monoisotopic (exact) mass is 424 g/mol. The molecule has 2 amide bonds. The molecule has 0 aromatic heterocycles. The lowest BCUT2D eigenvalue weighted by atomic mass is 10.1. The fraction of sp³-hybridized carbons (Fsp3) is 0.440. The van der Waals surface area contributed by atoms with Gasteiger partial charge in [0, 0.05) is 17.5 Å². The molecule has 0 heterocycles. The highest BCUT2D eigenvalue weighted by Gasteiger charge is 2.28. The Morgan fingerprint density at radius 2 is 1.73 bits per heavy atom. The van der Waals surface area contributed by atoms with E-state index in [1.807, 2.05) is 37.3 Å². The predicted molar refractivity (Wildman–Crippen MR) is 124 cm³/mol. The molecule has 3 rings (SSSR count). The van der Waals surface area contributed by atoms with Gasteiger partial charge in [-0.2, -0.15) is 0 Å². The van der Waals surface area contributed by atoms with Crippen LogP contribution in [0.15, 0.2) is 59.5 Å². The third-order valence-electron chi connectivity index (χ3n) is 5.74. The molecule has 0 spiro atoms. The lowest BCUT2D eigenvalue weighted by Crippen LogP contribution is -2.51. The van der Waals surface area contributed by atoms with Crippen LogP contribution in [0.4, 0.5) is 0 Å². The molecule has 1 aliphatic carbocycles. The van der Waals surface area contributed by atoms with E-state index < -0.39 is 6.04 Å². The minimum absolute atomic E-state index is 0.00516. The first-order valence-corrected chi connectivity index (χ1v) is 11.8. The molecule has 0 saturated heterocycles. The lowest BCUT2D eigenvalue weighted by molar-refractivity contribution is -0.138. The maximum absolute atomic E-state index is 13.1. The average Bonchev–Trinajstić information content (AvgIpc) is 3.27. The first-order chi connectivity index (χ1) is 14.5. The summed E-state index contributed by atoms with van der Waals surface area (Å²) in [5.41, 5.74) is 2.37. The predicted octanol–water partition coefficient (Wildman–Crippen LogP) is 4.61. The van der Waals surface area contributed by atoms with Crippen LogP contribution in [-0.2, 0) is 16.0 Å². The smallest absolute Gasteiger partial charge is 0.242 e. The molecule has 0 aliphatic heterocycles. The van der Waals surface area contributed by atoms with Gasteiger partial charge in [-0.15, -0.1) is 11.8 Å². The molecule has 5 heteroatoms. The Bertz CT molecular complexity index is 817. The van der Waals surface area contributed by atoms with Crippen molar-refractivity contribution in [3.8, 4) is 0 Å². The Morgan fingerprint density at radius 1 is 1.07 bits per heavy atom. The zero-order valence-corrected chi connectivity index (χ0v) is 18.8. The van der Waals surface area contributed by atoms with Gasteiger partial charge in [0.1, 0.15) is 6.04 Å². The van der Waals surface area contributed by atoms with Crippen molar-refractivity contribution in [2.24, 2.45) is 0 Å². The quantitative estimate of drug-likeness (QED) is 0.598. The molecule has 0 bridgehead atoms. The van der Waals surface area contributed by atoms with Crippen LogP contribution in [0.2, 0.25) is 0 Å². The summed E-state index contributed by atoms with van der Waals surface area (Å²) in [5.74, 6) is 0.299. The number of hydrogen-bond acceptors (Lipinski definition) is 3. The summed E-state index contributed by atoms with van der Waals surface area (Å²) in [7, 11) is 0. The summed E-state index contributed by atoms with van der Waals surface area (Å²) in [6, 6.07) is 18.1. The molecule has 160 valence electrons. The minimum Gasteiger partial charge on any atom is -0.352 e. The maximum atomic E-state index is 13.1. The van der Waals surface area contributed by atoms with Gasteiger partial charge in [-0.1, -0.05) is 60.9 Å². The number of thioether (sulfide) groups is 1. The number of hydrogen-bond donors (Lipinski definition) is 1. The fourth-order valence-corrected chi connectivity index (χ4v) is 4.61. The van der Waals surface area contributed by atoms with Gasteiger partial charge in [0.05, 0.1) is 5.75 Å². The van der Waals surface area contributed by atoms with E-state index in [2.05, 4.69) is 36.5 Å². The Balaban J connectivity index is 1.64. The molecule has 0 unspecified atom stereocenters. The fourth-order valence-electron chi connectivity index (χ4n) is 3.82. The summed E-state index contributed by atoms with van der Waals surface area (Å²) in [6.07, 6.45) is 5.16. The maximum Gasteiger partial charge on any atom is 0.242 e. The molecule has 1 saturated carbocycles. The van der Waals surface area contributed by atoms with Crippen molar-refractivity contribution in [1.82, 2.24) is 10.2 Å². The molecule has 30 heavy (non-hydrogen) atoms. The number of nitrogens with zero attached hydrogens (tertiary/aromatic N) is 1. The van der Waals surface area contributed by atoms with Gasteiger partial charge in [0.15, 0.2) is 0 Å². The Morgan fingerprint density at radius 3 is 2.40 bits per heavy atom. The number of carbonyl (C=O) groups is 2. The van der Waals surface area contributed by atoms with Gasteiger partial charge in [-0.3, -0.25) is 9.59 Å². The number of benzene rings is 2. The van der Waals surface area contributed by atoms with Crippen molar-refractivity contribution in [1.29, 1.82) is 0 Å². The Kier molecular flexibility index (Phi) is 8.38. The number of rotatable bonds is 9. The summed E-state index contributed by atoms with van der Waals surface area (Å²) < 4.78 is 0. The standard InChI is InChI=1S/C25H32N2O2S/c1-19-12-14-23(15-13-19)30-18-24(28)27(17-16-21-8-4-3-5-9-21)20(2)25(29)26-22-10-6-7-11-22/h3-5,8-9,12-15,20,22H,6-7,10-11,16-18H2,1-2H3,(H,26,29)/t20-/m1/s1. The molecule has 0 radical (unpaired) electrons. The third-order valence-corrected chi connectivity index (χ3v) is 6.73. The number of carbonyl (C=O) groups excluding carboxylic acids is 2. The first kappa shape index (κ1) is 22.4. The van der Waals surface area contributed by atoms with Gasteiger partial charge in [-0.25, -0.2) is 0 Å².